The molecule has 1 aromatic carbocycles. The number of hydrazine groups is 1. The Morgan fingerprint density at radius 3 is 2.73 bits per heavy atom. The van der Waals surface area contributed by atoms with E-state index in [1.54, 1.807) is 4.90 Å². The first-order valence-electron chi connectivity index (χ1n) is 8.19. The van der Waals surface area contributed by atoms with Gasteiger partial charge in [-0.15, -0.1) is 0 Å². The number of carbonyl (C=O) groups is 1. The van der Waals surface area contributed by atoms with Gasteiger partial charge in [-0.25, -0.2) is 0 Å². The summed E-state index contributed by atoms with van der Waals surface area (Å²) in [7, 11) is 1.86. The average Bonchev–Trinajstić information content (AvgIpc) is 3.12. The fraction of sp³-hybridized carbons (Fsp3) is 0.588. The van der Waals surface area contributed by atoms with E-state index in [0.29, 0.717) is 12.1 Å². The van der Waals surface area contributed by atoms with Crippen LogP contribution in [0.25, 0.3) is 0 Å². The molecule has 2 unspecified atom stereocenters. The molecule has 4 N–H and O–H groups in total. The van der Waals surface area contributed by atoms with Gasteiger partial charge in [0.2, 0.25) is 5.91 Å². The standard InChI is InChI=1S/C17H26N4O/c1-21(16(22)17(18)9-10-17)11-5-8-14-12-15(20-19-14)13-6-3-2-4-7-13/h2-4,6-7,14-15,19-20H,5,8-12,18H2,1H3. The summed E-state index contributed by atoms with van der Waals surface area (Å²) in [5, 5.41) is 0. The van der Waals surface area contributed by atoms with Crippen LogP contribution in [0.3, 0.4) is 0 Å². The van der Waals surface area contributed by atoms with E-state index in [2.05, 4.69) is 35.1 Å². The predicted molar refractivity (Wildman–Crippen MR) is 86.9 cm³/mol. The van der Waals surface area contributed by atoms with E-state index in [1.165, 1.54) is 5.56 Å². The minimum Gasteiger partial charge on any atom is -0.344 e. The number of likely N-dealkylation sites (N-methyl/N-ethyl adjacent to an activating group) is 1. The summed E-state index contributed by atoms with van der Waals surface area (Å²) in [5.41, 5.74) is 13.5. The number of hydrogen-bond donors (Lipinski definition) is 3. The van der Waals surface area contributed by atoms with Crippen LogP contribution in [0.1, 0.15) is 43.7 Å². The number of carbonyl (C=O) groups excluding carboxylic acids is 1. The Bertz CT molecular complexity index is 515. The normalized spacial score (nSPS) is 25.9. The fourth-order valence-electron chi connectivity index (χ4n) is 3.12. The van der Waals surface area contributed by atoms with Crippen molar-refractivity contribution in [1.29, 1.82) is 0 Å². The van der Waals surface area contributed by atoms with Crippen molar-refractivity contribution in [2.24, 2.45) is 5.73 Å². The summed E-state index contributed by atoms with van der Waals surface area (Å²) < 4.78 is 0. The average molecular weight is 302 g/mol. The molecule has 5 nitrogen and oxygen atoms in total. The van der Waals surface area contributed by atoms with E-state index >= 15 is 0 Å². The number of nitrogens with two attached hydrogens (primary N) is 1. The van der Waals surface area contributed by atoms with Gasteiger partial charge < -0.3 is 10.6 Å². The van der Waals surface area contributed by atoms with Crippen LogP contribution in [0, 0.1) is 0 Å². The summed E-state index contributed by atoms with van der Waals surface area (Å²) >= 11 is 0. The maximum absolute atomic E-state index is 12.1. The van der Waals surface area contributed by atoms with Crippen molar-refractivity contribution in [2.75, 3.05) is 13.6 Å². The molecule has 1 aliphatic carbocycles. The van der Waals surface area contributed by atoms with E-state index < -0.39 is 5.54 Å². The van der Waals surface area contributed by atoms with E-state index in [1.807, 2.05) is 13.1 Å². The maximum atomic E-state index is 12.1. The Hall–Kier alpha value is -1.43. The third kappa shape index (κ3) is 3.48. The van der Waals surface area contributed by atoms with Crippen molar-refractivity contribution in [3.05, 3.63) is 35.9 Å². The lowest BCUT2D eigenvalue weighted by atomic mass is 10.00. The first-order chi connectivity index (χ1) is 10.6. The molecule has 22 heavy (non-hydrogen) atoms. The van der Waals surface area contributed by atoms with Gasteiger partial charge in [-0.05, 0) is 37.7 Å². The predicted octanol–water partition coefficient (Wildman–Crippen LogP) is 1.32. The van der Waals surface area contributed by atoms with Gasteiger partial charge >= 0.3 is 0 Å². The quantitative estimate of drug-likeness (QED) is 0.741. The lowest BCUT2D eigenvalue weighted by molar-refractivity contribution is -0.132. The number of amides is 1. The number of benzene rings is 1. The van der Waals surface area contributed by atoms with Gasteiger partial charge in [-0.3, -0.25) is 15.6 Å². The third-order valence-corrected chi connectivity index (χ3v) is 4.79. The molecule has 0 radical (unpaired) electrons. The van der Waals surface area contributed by atoms with E-state index in [-0.39, 0.29) is 5.91 Å². The minimum absolute atomic E-state index is 0.104. The minimum atomic E-state index is -0.541. The fourth-order valence-corrected chi connectivity index (χ4v) is 3.12. The molecule has 1 aliphatic heterocycles. The number of hydrogen-bond acceptors (Lipinski definition) is 4. The number of nitrogens with zero attached hydrogens (tertiary/aromatic N) is 1. The Balaban J connectivity index is 1.39. The molecule has 2 fully saturated rings. The highest BCUT2D eigenvalue weighted by atomic mass is 16.2. The van der Waals surface area contributed by atoms with Crippen molar-refractivity contribution < 1.29 is 4.79 Å². The Morgan fingerprint density at radius 1 is 1.32 bits per heavy atom. The zero-order valence-electron chi connectivity index (χ0n) is 13.2. The third-order valence-electron chi connectivity index (χ3n) is 4.79. The summed E-state index contributed by atoms with van der Waals surface area (Å²) in [4.78, 5) is 13.9. The zero-order valence-corrected chi connectivity index (χ0v) is 13.2. The van der Waals surface area contributed by atoms with E-state index in [4.69, 9.17) is 5.73 Å². The second kappa shape index (κ2) is 6.36. The second-order valence-electron chi connectivity index (χ2n) is 6.71. The molecule has 0 aromatic heterocycles. The molecule has 0 spiro atoms. The molecule has 2 atom stereocenters. The van der Waals surface area contributed by atoms with Crippen LogP contribution < -0.4 is 16.6 Å². The van der Waals surface area contributed by atoms with Crippen LogP contribution >= 0.6 is 0 Å². The molecule has 1 saturated heterocycles. The van der Waals surface area contributed by atoms with Crippen LogP contribution in [0.4, 0.5) is 0 Å². The summed E-state index contributed by atoms with van der Waals surface area (Å²) in [5.74, 6) is 0.104. The highest BCUT2D eigenvalue weighted by molar-refractivity contribution is 5.88. The molecule has 5 heteroatoms. The van der Waals surface area contributed by atoms with Crippen molar-refractivity contribution in [3.63, 3.8) is 0 Å². The van der Waals surface area contributed by atoms with Gasteiger partial charge in [-0.2, -0.15) is 0 Å². The SMILES string of the molecule is CN(CCCC1CC(c2ccccc2)NN1)C(=O)C1(N)CC1. The summed E-state index contributed by atoms with van der Waals surface area (Å²) in [6.45, 7) is 0.784. The van der Waals surface area contributed by atoms with Crippen LogP contribution in [0.2, 0.25) is 0 Å². The van der Waals surface area contributed by atoms with Crippen molar-refractivity contribution in [1.82, 2.24) is 15.8 Å². The lowest BCUT2D eigenvalue weighted by Gasteiger charge is -2.21. The van der Waals surface area contributed by atoms with Gasteiger partial charge in [0, 0.05) is 25.7 Å². The van der Waals surface area contributed by atoms with Crippen LogP contribution in [-0.2, 0) is 4.79 Å². The molecule has 120 valence electrons. The maximum Gasteiger partial charge on any atom is 0.242 e. The van der Waals surface area contributed by atoms with Crippen molar-refractivity contribution in [2.45, 2.75) is 49.7 Å². The zero-order chi connectivity index (χ0) is 15.6. The van der Waals surface area contributed by atoms with Gasteiger partial charge in [0.25, 0.3) is 0 Å². The molecular formula is C17H26N4O. The molecule has 1 amide bonds. The monoisotopic (exact) mass is 302 g/mol. The molecule has 2 aliphatic rings. The molecule has 1 heterocycles. The van der Waals surface area contributed by atoms with Crippen LogP contribution in [0.15, 0.2) is 30.3 Å². The highest BCUT2D eigenvalue weighted by Gasteiger charge is 2.47. The molecular weight excluding hydrogens is 276 g/mol. The topological polar surface area (TPSA) is 70.4 Å². The van der Waals surface area contributed by atoms with Gasteiger partial charge in [-0.1, -0.05) is 30.3 Å². The van der Waals surface area contributed by atoms with Crippen LogP contribution in [0.5, 0.6) is 0 Å². The Kier molecular flexibility index (Phi) is 4.47. The second-order valence-corrected chi connectivity index (χ2v) is 6.71. The number of nitrogens with one attached hydrogen (secondary N) is 2. The van der Waals surface area contributed by atoms with Crippen LogP contribution in [-0.4, -0.2) is 36.0 Å². The lowest BCUT2D eigenvalue weighted by Crippen LogP contribution is -2.44. The molecule has 1 aromatic rings. The molecule has 1 saturated carbocycles. The first kappa shape index (κ1) is 15.5. The Labute approximate surface area is 132 Å². The van der Waals surface area contributed by atoms with Crippen molar-refractivity contribution in [3.8, 4) is 0 Å². The van der Waals surface area contributed by atoms with Gasteiger partial charge in [0.15, 0.2) is 0 Å². The number of rotatable bonds is 6. The summed E-state index contributed by atoms with van der Waals surface area (Å²) in [6.07, 6.45) is 4.82. The van der Waals surface area contributed by atoms with Gasteiger partial charge in [0.05, 0.1) is 5.54 Å². The first-order valence-corrected chi connectivity index (χ1v) is 8.19. The Morgan fingerprint density at radius 2 is 2.05 bits per heavy atom. The van der Waals surface area contributed by atoms with E-state index in [0.717, 1.165) is 38.6 Å². The van der Waals surface area contributed by atoms with Crippen molar-refractivity contribution >= 4 is 5.91 Å². The molecule has 3 rings (SSSR count). The highest BCUT2D eigenvalue weighted by Crippen LogP contribution is 2.33. The molecule has 0 bridgehead atoms. The largest absolute Gasteiger partial charge is 0.344 e. The van der Waals surface area contributed by atoms with E-state index in [9.17, 15) is 4.79 Å². The smallest absolute Gasteiger partial charge is 0.242 e. The van der Waals surface area contributed by atoms with Gasteiger partial charge in [0.1, 0.15) is 0 Å². The summed E-state index contributed by atoms with van der Waals surface area (Å²) in [6, 6.07) is 11.3.